The number of aliphatic hydroxyl groups is 1. The first kappa shape index (κ1) is 25.9. The van der Waals surface area contributed by atoms with Crippen molar-refractivity contribution < 1.29 is 14.6 Å². The molecule has 1 aromatic rings. The minimum atomic E-state index is -0.0507. The summed E-state index contributed by atoms with van der Waals surface area (Å²) >= 11 is 0. The van der Waals surface area contributed by atoms with Gasteiger partial charge in [0.2, 0.25) is 0 Å². The van der Waals surface area contributed by atoms with E-state index in [0.717, 1.165) is 44.2 Å². The number of hydrogen-bond donors (Lipinski definition) is 3. The third-order valence-corrected chi connectivity index (χ3v) is 5.31. The highest BCUT2D eigenvalue weighted by Crippen LogP contribution is 2.32. The zero-order chi connectivity index (χ0) is 20.4. The summed E-state index contributed by atoms with van der Waals surface area (Å²) in [4.78, 5) is 6.99. The number of methoxy groups -OCH3 is 1. The second-order valence-corrected chi connectivity index (χ2v) is 7.61. The van der Waals surface area contributed by atoms with Gasteiger partial charge in [0, 0.05) is 31.7 Å². The van der Waals surface area contributed by atoms with E-state index in [0.29, 0.717) is 13.2 Å². The summed E-state index contributed by atoms with van der Waals surface area (Å²) < 4.78 is 10.9. The molecule has 0 spiro atoms. The van der Waals surface area contributed by atoms with Gasteiger partial charge in [0.05, 0.1) is 26.3 Å². The molecule has 0 amide bonds. The first-order valence-electron chi connectivity index (χ1n) is 10.0. The largest absolute Gasteiger partial charge is 0.497 e. The molecule has 8 heteroatoms. The van der Waals surface area contributed by atoms with Crippen LogP contribution in [0, 0.1) is 5.41 Å². The Labute approximate surface area is 192 Å². The van der Waals surface area contributed by atoms with Crippen LogP contribution in [0.25, 0.3) is 0 Å². The summed E-state index contributed by atoms with van der Waals surface area (Å²) in [5, 5.41) is 16.2. The summed E-state index contributed by atoms with van der Waals surface area (Å²) in [5.74, 6) is 1.65. The molecule has 0 saturated carbocycles. The Morgan fingerprint density at radius 1 is 1.38 bits per heavy atom. The summed E-state index contributed by atoms with van der Waals surface area (Å²) in [6.45, 7) is 5.80. The minimum absolute atomic E-state index is 0. The van der Waals surface area contributed by atoms with Gasteiger partial charge in [-0.3, -0.25) is 4.99 Å². The number of aliphatic hydroxyl groups excluding tert-OH is 1. The van der Waals surface area contributed by atoms with Crippen molar-refractivity contribution in [1.82, 2.24) is 15.5 Å². The van der Waals surface area contributed by atoms with Crippen LogP contribution in [-0.2, 0) is 4.74 Å². The molecule has 1 saturated heterocycles. The van der Waals surface area contributed by atoms with Gasteiger partial charge in [0.25, 0.3) is 0 Å². The Balaban J connectivity index is 0.00000420. The lowest BCUT2D eigenvalue weighted by Gasteiger charge is -2.27. The summed E-state index contributed by atoms with van der Waals surface area (Å²) in [7, 11) is 5.83. The van der Waals surface area contributed by atoms with Crippen molar-refractivity contribution in [2.24, 2.45) is 10.4 Å². The fourth-order valence-electron chi connectivity index (χ4n) is 3.52. The third kappa shape index (κ3) is 7.92. The van der Waals surface area contributed by atoms with Crippen molar-refractivity contribution in [1.29, 1.82) is 0 Å². The lowest BCUT2D eigenvalue weighted by molar-refractivity contribution is 0.131. The fraction of sp³-hybridized carbons (Fsp3) is 0.667. The average Bonchev–Trinajstić information content (AvgIpc) is 3.15. The van der Waals surface area contributed by atoms with E-state index < -0.39 is 0 Å². The maximum Gasteiger partial charge on any atom is 0.191 e. The lowest BCUT2D eigenvalue weighted by Crippen LogP contribution is -2.42. The highest BCUT2D eigenvalue weighted by molar-refractivity contribution is 14.0. The van der Waals surface area contributed by atoms with E-state index in [1.165, 1.54) is 5.56 Å². The number of hydrogen-bond acceptors (Lipinski definition) is 5. The average molecular weight is 520 g/mol. The standard InChI is InChI=1S/C21H36N4O3.HI/c1-5-22-20(24-15-21(9-11-26)10-12-28-16-21)23-14-19(25(2)3)17-7-6-8-18(13-17)27-4;/h6-8,13,19,26H,5,9-12,14-16H2,1-4H3,(H2,22,23,24);1H. The highest BCUT2D eigenvalue weighted by Gasteiger charge is 2.34. The number of rotatable bonds is 10. The van der Waals surface area contributed by atoms with Crippen molar-refractivity contribution in [3.8, 4) is 5.75 Å². The predicted octanol–water partition coefficient (Wildman–Crippen LogP) is 2.26. The number of guanidine groups is 1. The summed E-state index contributed by atoms with van der Waals surface area (Å²) in [6.07, 6.45) is 1.67. The van der Waals surface area contributed by atoms with Gasteiger partial charge in [-0.25, -0.2) is 0 Å². The Bertz CT molecular complexity index is 622. The molecule has 7 nitrogen and oxygen atoms in total. The van der Waals surface area contributed by atoms with Gasteiger partial charge in [0.15, 0.2) is 5.96 Å². The van der Waals surface area contributed by atoms with Crippen molar-refractivity contribution in [3.05, 3.63) is 29.8 Å². The minimum Gasteiger partial charge on any atom is -0.497 e. The van der Waals surface area contributed by atoms with Crippen LogP contribution in [0.4, 0.5) is 0 Å². The molecule has 1 aromatic carbocycles. The summed E-state index contributed by atoms with van der Waals surface area (Å²) in [6, 6.07) is 8.34. The van der Waals surface area contributed by atoms with Crippen LogP contribution < -0.4 is 15.4 Å². The SMILES string of the molecule is CCNC(=NCC1(CCO)CCOC1)NCC(c1cccc(OC)c1)N(C)C.I. The van der Waals surface area contributed by atoms with Gasteiger partial charge in [-0.2, -0.15) is 0 Å². The maximum absolute atomic E-state index is 9.42. The molecule has 3 N–H and O–H groups in total. The second kappa shape index (κ2) is 13.3. The quantitative estimate of drug-likeness (QED) is 0.250. The monoisotopic (exact) mass is 520 g/mol. The Morgan fingerprint density at radius 2 is 2.17 bits per heavy atom. The van der Waals surface area contributed by atoms with E-state index in [1.807, 2.05) is 12.1 Å². The fourth-order valence-corrected chi connectivity index (χ4v) is 3.52. The van der Waals surface area contributed by atoms with Gasteiger partial charge < -0.3 is 30.1 Å². The molecule has 2 atom stereocenters. The lowest BCUT2D eigenvalue weighted by atomic mass is 9.84. The third-order valence-electron chi connectivity index (χ3n) is 5.31. The molecule has 2 rings (SSSR count). The number of aliphatic imine (C=N–C) groups is 1. The van der Waals surface area contributed by atoms with Crippen LogP contribution in [0.1, 0.15) is 31.4 Å². The van der Waals surface area contributed by atoms with Gasteiger partial charge >= 0.3 is 0 Å². The molecule has 166 valence electrons. The molecule has 29 heavy (non-hydrogen) atoms. The normalized spacial score (nSPS) is 20.3. The smallest absolute Gasteiger partial charge is 0.191 e. The van der Waals surface area contributed by atoms with Crippen LogP contribution in [0.15, 0.2) is 29.3 Å². The second-order valence-electron chi connectivity index (χ2n) is 7.61. The zero-order valence-electron chi connectivity index (χ0n) is 18.1. The number of ether oxygens (including phenoxy) is 2. The van der Waals surface area contributed by atoms with Crippen molar-refractivity contribution in [3.63, 3.8) is 0 Å². The number of halogens is 1. The van der Waals surface area contributed by atoms with E-state index in [-0.39, 0.29) is 42.0 Å². The molecule has 2 unspecified atom stereocenters. The number of nitrogens with one attached hydrogen (secondary N) is 2. The maximum atomic E-state index is 9.42. The van der Waals surface area contributed by atoms with Gasteiger partial charge in [-0.05, 0) is 51.6 Å². The van der Waals surface area contributed by atoms with E-state index in [4.69, 9.17) is 14.5 Å². The first-order valence-corrected chi connectivity index (χ1v) is 10.0. The van der Waals surface area contributed by atoms with Crippen LogP contribution in [0.3, 0.4) is 0 Å². The van der Waals surface area contributed by atoms with E-state index in [1.54, 1.807) is 7.11 Å². The summed E-state index contributed by atoms with van der Waals surface area (Å²) in [5.41, 5.74) is 1.14. The molecule has 1 fully saturated rings. The topological polar surface area (TPSA) is 78.4 Å². The Hall–Kier alpha value is -1.10. The Morgan fingerprint density at radius 3 is 2.76 bits per heavy atom. The molecule has 1 heterocycles. The molecule has 0 aromatic heterocycles. The van der Waals surface area contributed by atoms with Gasteiger partial charge in [-0.1, -0.05) is 12.1 Å². The van der Waals surface area contributed by atoms with Crippen LogP contribution in [0.2, 0.25) is 0 Å². The molecular formula is C21H37IN4O3. The van der Waals surface area contributed by atoms with Crippen molar-refractivity contribution >= 4 is 29.9 Å². The molecular weight excluding hydrogens is 483 g/mol. The van der Waals surface area contributed by atoms with Crippen LogP contribution in [0.5, 0.6) is 5.75 Å². The Kier molecular flexibility index (Phi) is 11.9. The molecule has 0 bridgehead atoms. The van der Waals surface area contributed by atoms with Crippen LogP contribution >= 0.6 is 24.0 Å². The van der Waals surface area contributed by atoms with Gasteiger partial charge in [0.1, 0.15) is 5.75 Å². The zero-order valence-corrected chi connectivity index (χ0v) is 20.4. The van der Waals surface area contributed by atoms with E-state index in [2.05, 4.69) is 48.7 Å². The number of benzene rings is 1. The first-order chi connectivity index (χ1) is 13.5. The molecule has 1 aliphatic rings. The van der Waals surface area contributed by atoms with E-state index in [9.17, 15) is 5.11 Å². The number of nitrogens with zero attached hydrogens (tertiary/aromatic N) is 2. The molecule has 0 radical (unpaired) electrons. The highest BCUT2D eigenvalue weighted by atomic mass is 127. The predicted molar refractivity (Wildman–Crippen MR) is 128 cm³/mol. The van der Waals surface area contributed by atoms with E-state index >= 15 is 0 Å². The molecule has 0 aliphatic carbocycles. The van der Waals surface area contributed by atoms with Gasteiger partial charge in [-0.15, -0.1) is 24.0 Å². The number of likely N-dealkylation sites (N-methyl/N-ethyl adjacent to an activating group) is 1. The molecule has 1 aliphatic heterocycles. The van der Waals surface area contributed by atoms with Crippen molar-refractivity contribution in [2.75, 3.05) is 60.7 Å². The van der Waals surface area contributed by atoms with Crippen molar-refractivity contribution in [2.45, 2.75) is 25.8 Å². The van der Waals surface area contributed by atoms with Crippen LogP contribution in [-0.4, -0.2) is 76.6 Å².